The van der Waals surface area contributed by atoms with Gasteiger partial charge < -0.3 is 9.84 Å². The number of nitrogens with zero attached hydrogens (tertiary/aromatic N) is 1. The maximum absolute atomic E-state index is 10.6. The number of hydrogen-bond acceptors (Lipinski definition) is 3. The van der Waals surface area contributed by atoms with E-state index in [0.717, 1.165) is 38.1 Å². The number of rotatable bonds is 7. The van der Waals surface area contributed by atoms with Gasteiger partial charge in [-0.1, -0.05) is 54.6 Å². The topological polar surface area (TPSA) is 32.7 Å². The standard InChI is InChI=1S/C21H27NO2/c1-17-8-5-6-11-19(17)14-22(15-20-12-7-13-24-20)16-21(23)18-9-3-2-4-10-18/h2-6,8-11,20-21,23H,7,12-16H2,1H3. The third kappa shape index (κ3) is 4.67. The quantitative estimate of drug-likeness (QED) is 0.842. The molecule has 1 heterocycles. The van der Waals surface area contributed by atoms with E-state index < -0.39 is 6.10 Å². The summed E-state index contributed by atoms with van der Waals surface area (Å²) in [4.78, 5) is 2.33. The molecular formula is C21H27NO2. The Morgan fingerprint density at radius 2 is 1.88 bits per heavy atom. The van der Waals surface area contributed by atoms with Gasteiger partial charge in [0.05, 0.1) is 12.2 Å². The monoisotopic (exact) mass is 325 g/mol. The maximum Gasteiger partial charge on any atom is 0.0917 e. The minimum atomic E-state index is -0.475. The summed E-state index contributed by atoms with van der Waals surface area (Å²) >= 11 is 0. The van der Waals surface area contributed by atoms with Crippen molar-refractivity contribution in [1.82, 2.24) is 4.90 Å². The Balaban J connectivity index is 1.70. The average molecular weight is 325 g/mol. The van der Waals surface area contributed by atoms with Crippen LogP contribution in [0, 0.1) is 6.92 Å². The fourth-order valence-corrected chi connectivity index (χ4v) is 3.33. The molecule has 2 aromatic carbocycles. The van der Waals surface area contributed by atoms with Gasteiger partial charge in [-0.05, 0) is 36.5 Å². The molecule has 0 radical (unpaired) electrons. The number of benzene rings is 2. The predicted molar refractivity (Wildman–Crippen MR) is 96.8 cm³/mol. The van der Waals surface area contributed by atoms with Gasteiger partial charge in [-0.2, -0.15) is 0 Å². The molecule has 1 aliphatic rings. The predicted octanol–water partition coefficient (Wildman–Crippen LogP) is 3.71. The van der Waals surface area contributed by atoms with Crippen molar-refractivity contribution >= 4 is 0 Å². The van der Waals surface area contributed by atoms with Crippen LogP contribution in [0.2, 0.25) is 0 Å². The second kappa shape index (κ2) is 8.43. The van der Waals surface area contributed by atoms with Gasteiger partial charge in [0.15, 0.2) is 0 Å². The zero-order valence-corrected chi connectivity index (χ0v) is 14.4. The van der Waals surface area contributed by atoms with Crippen molar-refractivity contribution in [3.05, 3.63) is 71.3 Å². The zero-order chi connectivity index (χ0) is 16.8. The lowest BCUT2D eigenvalue weighted by atomic mass is 10.1. The Morgan fingerprint density at radius 1 is 1.12 bits per heavy atom. The highest BCUT2D eigenvalue weighted by molar-refractivity contribution is 5.25. The van der Waals surface area contributed by atoms with Gasteiger partial charge in [0.2, 0.25) is 0 Å². The Hall–Kier alpha value is -1.68. The fraction of sp³-hybridized carbons (Fsp3) is 0.429. The average Bonchev–Trinajstić information content (AvgIpc) is 3.10. The second-order valence-electron chi connectivity index (χ2n) is 6.68. The minimum absolute atomic E-state index is 0.289. The second-order valence-corrected chi connectivity index (χ2v) is 6.68. The fourth-order valence-electron chi connectivity index (χ4n) is 3.33. The van der Waals surface area contributed by atoms with E-state index in [1.807, 2.05) is 30.3 Å². The molecule has 1 saturated heterocycles. The van der Waals surface area contributed by atoms with Crippen molar-refractivity contribution in [2.24, 2.45) is 0 Å². The van der Waals surface area contributed by atoms with Crippen molar-refractivity contribution < 1.29 is 9.84 Å². The molecular weight excluding hydrogens is 298 g/mol. The number of hydrogen-bond donors (Lipinski definition) is 1. The van der Waals surface area contributed by atoms with E-state index in [1.54, 1.807) is 0 Å². The molecule has 1 N–H and O–H groups in total. The van der Waals surface area contributed by atoms with Gasteiger partial charge in [-0.25, -0.2) is 0 Å². The Kier molecular flexibility index (Phi) is 6.02. The summed E-state index contributed by atoms with van der Waals surface area (Å²) < 4.78 is 5.82. The van der Waals surface area contributed by atoms with Crippen molar-refractivity contribution in [2.75, 3.05) is 19.7 Å². The zero-order valence-electron chi connectivity index (χ0n) is 14.4. The summed E-state index contributed by atoms with van der Waals surface area (Å²) in [6.45, 7) is 5.35. The minimum Gasteiger partial charge on any atom is -0.387 e. The van der Waals surface area contributed by atoms with Gasteiger partial charge in [0.25, 0.3) is 0 Å². The van der Waals surface area contributed by atoms with E-state index in [9.17, 15) is 5.11 Å². The SMILES string of the molecule is Cc1ccccc1CN(CC1CCCO1)CC(O)c1ccccc1. The van der Waals surface area contributed by atoms with E-state index in [1.165, 1.54) is 11.1 Å². The lowest BCUT2D eigenvalue weighted by Gasteiger charge is -2.28. The molecule has 128 valence electrons. The van der Waals surface area contributed by atoms with Crippen molar-refractivity contribution in [3.8, 4) is 0 Å². The molecule has 2 atom stereocenters. The molecule has 24 heavy (non-hydrogen) atoms. The van der Waals surface area contributed by atoms with E-state index in [-0.39, 0.29) is 6.10 Å². The summed E-state index contributed by atoms with van der Waals surface area (Å²) in [7, 11) is 0. The molecule has 0 saturated carbocycles. The Labute approximate surface area is 144 Å². The summed E-state index contributed by atoms with van der Waals surface area (Å²) in [5, 5.41) is 10.6. The third-order valence-corrected chi connectivity index (χ3v) is 4.76. The molecule has 0 spiro atoms. The van der Waals surface area contributed by atoms with Crippen LogP contribution in [0.1, 0.15) is 35.6 Å². The molecule has 1 fully saturated rings. The van der Waals surface area contributed by atoms with Crippen LogP contribution >= 0.6 is 0 Å². The third-order valence-electron chi connectivity index (χ3n) is 4.76. The van der Waals surface area contributed by atoms with Crippen LogP contribution in [-0.4, -0.2) is 35.8 Å². The molecule has 3 heteroatoms. The number of aliphatic hydroxyl groups is 1. The van der Waals surface area contributed by atoms with Gasteiger partial charge in [0, 0.05) is 26.2 Å². The number of aryl methyl sites for hydroxylation is 1. The summed E-state index contributed by atoms with van der Waals surface area (Å²) in [6, 6.07) is 18.4. The molecule has 0 amide bonds. The van der Waals surface area contributed by atoms with Crippen LogP contribution in [0.25, 0.3) is 0 Å². The smallest absolute Gasteiger partial charge is 0.0917 e. The summed E-state index contributed by atoms with van der Waals surface area (Å²) in [5.41, 5.74) is 3.58. The maximum atomic E-state index is 10.6. The van der Waals surface area contributed by atoms with Gasteiger partial charge in [-0.15, -0.1) is 0 Å². The van der Waals surface area contributed by atoms with Gasteiger partial charge in [-0.3, -0.25) is 4.90 Å². The number of aliphatic hydroxyl groups excluding tert-OH is 1. The highest BCUT2D eigenvalue weighted by atomic mass is 16.5. The Bertz CT molecular complexity index is 623. The van der Waals surface area contributed by atoms with Crippen molar-refractivity contribution in [2.45, 2.75) is 38.5 Å². The van der Waals surface area contributed by atoms with Crippen molar-refractivity contribution in [1.29, 1.82) is 0 Å². The van der Waals surface area contributed by atoms with Crippen molar-refractivity contribution in [3.63, 3.8) is 0 Å². The van der Waals surface area contributed by atoms with E-state index in [2.05, 4.69) is 36.1 Å². The van der Waals surface area contributed by atoms with E-state index in [4.69, 9.17) is 4.74 Å². The molecule has 0 aliphatic carbocycles. The molecule has 3 rings (SSSR count). The van der Waals surface area contributed by atoms with Crippen LogP contribution in [0.4, 0.5) is 0 Å². The lowest BCUT2D eigenvalue weighted by molar-refractivity contribution is 0.0459. The molecule has 0 aromatic heterocycles. The van der Waals surface area contributed by atoms with Crippen LogP contribution in [-0.2, 0) is 11.3 Å². The molecule has 2 aromatic rings. The molecule has 1 aliphatic heterocycles. The van der Waals surface area contributed by atoms with E-state index >= 15 is 0 Å². The van der Waals surface area contributed by atoms with Crippen LogP contribution in [0.3, 0.4) is 0 Å². The first-order valence-corrected chi connectivity index (χ1v) is 8.84. The number of ether oxygens (including phenoxy) is 1. The normalized spacial score (nSPS) is 18.9. The molecule has 3 nitrogen and oxygen atoms in total. The first kappa shape index (κ1) is 17.2. The van der Waals surface area contributed by atoms with E-state index in [0.29, 0.717) is 6.54 Å². The van der Waals surface area contributed by atoms with Crippen LogP contribution < -0.4 is 0 Å². The Morgan fingerprint density at radius 3 is 2.58 bits per heavy atom. The first-order valence-electron chi connectivity index (χ1n) is 8.84. The van der Waals surface area contributed by atoms with Gasteiger partial charge >= 0.3 is 0 Å². The van der Waals surface area contributed by atoms with Crippen LogP contribution in [0.5, 0.6) is 0 Å². The molecule has 0 bridgehead atoms. The largest absolute Gasteiger partial charge is 0.387 e. The molecule has 2 unspecified atom stereocenters. The summed E-state index contributed by atoms with van der Waals surface area (Å²) in [6.07, 6.45) is 2.07. The van der Waals surface area contributed by atoms with Gasteiger partial charge in [0.1, 0.15) is 0 Å². The first-order chi connectivity index (χ1) is 11.7. The summed E-state index contributed by atoms with van der Waals surface area (Å²) in [5.74, 6) is 0. The lowest BCUT2D eigenvalue weighted by Crippen LogP contribution is -2.35. The highest BCUT2D eigenvalue weighted by Crippen LogP contribution is 2.20. The van der Waals surface area contributed by atoms with Crippen LogP contribution in [0.15, 0.2) is 54.6 Å². The highest BCUT2D eigenvalue weighted by Gasteiger charge is 2.22.